The molecule has 0 N–H and O–H groups in total. The first-order valence-corrected chi connectivity index (χ1v) is 25.1. The van der Waals surface area contributed by atoms with E-state index >= 15 is 0 Å². The van der Waals surface area contributed by atoms with Gasteiger partial charge in [-0.2, -0.15) is 22.7 Å². The van der Waals surface area contributed by atoms with Crippen molar-refractivity contribution in [3.8, 4) is 11.8 Å². The number of fused-ring (bicyclic) bond motifs is 6. The molecule has 0 aliphatic carbocycles. The SMILES string of the molecule is [Au+].[Au+].[C-]#Cc1cccc2c1sc1ccccc12.[C-]#Cc1cccc2c1sc1ccccc12.c1ccc([PH+](c2ccccc2)c2ccccc2[PH+](c2ccccc2)c2ccccc2)cc1. The van der Waals surface area contributed by atoms with Crippen molar-refractivity contribution >= 4 is 111 Å². The summed E-state index contributed by atoms with van der Waals surface area (Å²) in [6.07, 6.45) is 14.5. The molecule has 0 amide bonds. The second kappa shape index (κ2) is 22.7. The molecule has 9 aromatic carbocycles. The summed E-state index contributed by atoms with van der Waals surface area (Å²) in [7, 11) is -2.28. The molecule has 11 rings (SSSR count). The average Bonchev–Trinajstić information content (AvgIpc) is 3.93. The van der Waals surface area contributed by atoms with Gasteiger partial charge in [0.05, 0.1) is 0 Å². The van der Waals surface area contributed by atoms with E-state index in [1.54, 1.807) is 22.7 Å². The van der Waals surface area contributed by atoms with Crippen LogP contribution in [0.3, 0.4) is 0 Å². The Morgan fingerprint density at radius 2 is 0.578 bits per heavy atom. The Bertz CT molecular complexity index is 3030. The van der Waals surface area contributed by atoms with Crippen LogP contribution >= 0.6 is 38.5 Å². The summed E-state index contributed by atoms with van der Waals surface area (Å²) in [6.45, 7) is 0. The van der Waals surface area contributed by atoms with Crippen LogP contribution in [0.4, 0.5) is 0 Å². The van der Waals surface area contributed by atoms with Gasteiger partial charge in [-0.3, -0.25) is 11.8 Å². The minimum Gasteiger partial charge on any atom is -0.366 e. The first-order valence-electron chi connectivity index (χ1n) is 20.4. The van der Waals surface area contributed by atoms with Crippen molar-refractivity contribution in [3.05, 3.63) is 254 Å². The fraction of sp³-hybridized carbons (Fsp3) is 0. The van der Waals surface area contributed by atoms with Gasteiger partial charge in [-0.25, -0.2) is 0 Å². The van der Waals surface area contributed by atoms with E-state index in [2.05, 4.69) is 206 Å². The quantitative estimate of drug-likeness (QED) is 0.0674. The van der Waals surface area contributed by atoms with Crippen LogP contribution in [0.2, 0.25) is 0 Å². The largest absolute Gasteiger partial charge is 1.00 e. The van der Waals surface area contributed by atoms with Gasteiger partial charge in [-0.05, 0) is 104 Å². The third-order valence-electron chi connectivity index (χ3n) is 10.8. The summed E-state index contributed by atoms with van der Waals surface area (Å²) < 4.78 is 4.87. The summed E-state index contributed by atoms with van der Waals surface area (Å²) >= 11 is 3.46. The number of thiophene rings is 2. The first-order chi connectivity index (χ1) is 30.7. The van der Waals surface area contributed by atoms with Crippen molar-refractivity contribution in [2.24, 2.45) is 0 Å². The Labute approximate surface area is 418 Å². The number of hydrogen-bond donors (Lipinski definition) is 0. The van der Waals surface area contributed by atoms with E-state index < -0.39 is 15.8 Å². The minimum atomic E-state index is -1.14. The minimum absolute atomic E-state index is 0. The molecule has 6 heteroatoms. The molecule has 0 fully saturated rings. The normalized spacial score (nSPS) is 10.5. The van der Waals surface area contributed by atoms with Gasteiger partial charge in [0, 0.05) is 9.40 Å². The molecule has 0 saturated heterocycles. The fourth-order valence-corrected chi connectivity index (χ4v) is 16.3. The molecule has 0 radical (unpaired) electrons. The van der Waals surface area contributed by atoms with Gasteiger partial charge in [0.15, 0.2) is 0 Å². The van der Waals surface area contributed by atoms with E-state index in [-0.39, 0.29) is 44.8 Å². The van der Waals surface area contributed by atoms with E-state index in [0.717, 1.165) is 20.5 Å². The van der Waals surface area contributed by atoms with Crippen LogP contribution in [-0.4, -0.2) is 0 Å². The van der Waals surface area contributed by atoms with Crippen molar-refractivity contribution in [2.75, 3.05) is 0 Å². The Morgan fingerprint density at radius 3 is 0.906 bits per heavy atom. The summed E-state index contributed by atoms with van der Waals surface area (Å²) in [5, 5.41) is 13.7. The van der Waals surface area contributed by atoms with E-state index in [4.69, 9.17) is 12.8 Å². The Kier molecular flexibility index (Phi) is 16.6. The van der Waals surface area contributed by atoms with Gasteiger partial charge in [0.1, 0.15) is 47.7 Å². The predicted octanol–water partition coefficient (Wildman–Crippen LogP) is 12.6. The van der Waals surface area contributed by atoms with Gasteiger partial charge in [-0.15, -0.1) is 23.3 Å². The Balaban J connectivity index is 0.000000159. The van der Waals surface area contributed by atoms with E-state index in [0.29, 0.717) is 0 Å². The van der Waals surface area contributed by atoms with Crippen LogP contribution in [0, 0.1) is 24.7 Å². The first kappa shape index (κ1) is 46.9. The smallest absolute Gasteiger partial charge is 0.366 e. The number of rotatable bonds is 6. The predicted molar refractivity (Wildman–Crippen MR) is 278 cm³/mol. The monoisotopic (exact) mass is 1260 g/mol. The van der Waals surface area contributed by atoms with Gasteiger partial charge < -0.3 is 12.8 Å². The van der Waals surface area contributed by atoms with Crippen LogP contribution in [0.1, 0.15) is 11.1 Å². The molecule has 0 bridgehead atoms. The molecule has 0 unspecified atom stereocenters. The molecule has 64 heavy (non-hydrogen) atoms. The van der Waals surface area contributed by atoms with E-state index in [9.17, 15) is 0 Å². The zero-order valence-electron chi connectivity index (χ0n) is 34.4. The second-order valence-electron chi connectivity index (χ2n) is 14.6. The number of benzene rings is 9. The van der Waals surface area contributed by atoms with Crippen LogP contribution in [0.5, 0.6) is 0 Å². The molecule has 0 aliphatic rings. The Hall–Kier alpha value is -5.12. The topological polar surface area (TPSA) is 0 Å². The second-order valence-corrected chi connectivity index (χ2v) is 21.6. The standard InChI is InChI=1S/C30H24P2.2C14H7S.2Au/c1-5-15-25(16-6-1)31(26-17-7-2-8-18-26)29-23-13-14-24-30(29)32(27-19-9-3-10-20-27)28-21-11-4-12-22-28;2*1-2-10-6-5-8-12-11-7-3-4-9-13(11)15-14(10)12;;/h1-24H;2*3-9H;;/q;2*-1;2*+1/p+2. The molecule has 0 nitrogen and oxygen atoms in total. The summed E-state index contributed by atoms with van der Waals surface area (Å²) in [6, 6.07) is 82.2. The third kappa shape index (κ3) is 10.2. The van der Waals surface area contributed by atoms with Gasteiger partial charge >= 0.3 is 44.8 Å². The van der Waals surface area contributed by atoms with Crippen molar-refractivity contribution in [3.63, 3.8) is 0 Å². The zero-order valence-corrected chi connectivity index (χ0v) is 42.3. The van der Waals surface area contributed by atoms with Crippen molar-refractivity contribution < 1.29 is 44.8 Å². The van der Waals surface area contributed by atoms with Crippen molar-refractivity contribution in [1.29, 1.82) is 0 Å². The third-order valence-corrected chi connectivity index (χ3v) is 19.1. The maximum absolute atomic E-state index is 7.26. The van der Waals surface area contributed by atoms with Crippen LogP contribution < -0.4 is 31.8 Å². The molecule has 0 saturated carbocycles. The average molecular weight is 1260 g/mol. The van der Waals surface area contributed by atoms with Gasteiger partial charge in [0.2, 0.25) is 0 Å². The molecule has 2 heterocycles. The fourth-order valence-electron chi connectivity index (χ4n) is 7.98. The molecule has 11 aromatic rings. The van der Waals surface area contributed by atoms with Crippen LogP contribution in [0.25, 0.3) is 40.3 Å². The molecule has 0 spiro atoms. The number of hydrogen-bond acceptors (Lipinski definition) is 2. The van der Waals surface area contributed by atoms with Crippen LogP contribution in [-0.2, 0) is 44.8 Å². The van der Waals surface area contributed by atoms with Crippen molar-refractivity contribution in [2.45, 2.75) is 0 Å². The van der Waals surface area contributed by atoms with E-state index in [1.165, 1.54) is 62.8 Å². The molecule has 314 valence electrons. The molecule has 0 aliphatic heterocycles. The molecular formula is C58H40Au2P2S2+2. The van der Waals surface area contributed by atoms with Crippen LogP contribution in [0.15, 0.2) is 231 Å². The van der Waals surface area contributed by atoms with Gasteiger partial charge in [-0.1, -0.05) is 146 Å². The maximum Gasteiger partial charge on any atom is 1.00 e. The molecule has 2 aromatic heterocycles. The zero-order chi connectivity index (χ0) is 42.1. The van der Waals surface area contributed by atoms with Crippen molar-refractivity contribution in [1.82, 2.24) is 0 Å². The Morgan fingerprint density at radius 1 is 0.297 bits per heavy atom. The summed E-state index contributed by atoms with van der Waals surface area (Å²) in [4.78, 5) is 0. The summed E-state index contributed by atoms with van der Waals surface area (Å²) in [5.74, 6) is 4.98. The molecular weight excluding hydrogens is 1220 g/mol. The van der Waals surface area contributed by atoms with Gasteiger partial charge in [0.25, 0.3) is 0 Å². The molecule has 0 atom stereocenters. The van der Waals surface area contributed by atoms with E-state index in [1.807, 2.05) is 36.4 Å². The maximum atomic E-state index is 7.26. The summed E-state index contributed by atoms with van der Waals surface area (Å²) in [5.41, 5.74) is 1.77.